The van der Waals surface area contributed by atoms with Crippen LogP contribution in [0, 0.1) is 13.8 Å². The van der Waals surface area contributed by atoms with Crippen LogP contribution < -0.4 is 5.73 Å². The molecule has 1 aromatic carbocycles. The van der Waals surface area contributed by atoms with E-state index in [0.29, 0.717) is 5.69 Å². The van der Waals surface area contributed by atoms with E-state index in [-0.39, 0.29) is 0 Å². The Balaban J connectivity index is 2.37. The maximum absolute atomic E-state index is 11.4. The molecule has 0 radical (unpaired) electrons. The second-order valence-corrected chi connectivity index (χ2v) is 5.84. The van der Waals surface area contributed by atoms with E-state index in [1.165, 1.54) is 5.56 Å². The minimum Gasteiger partial charge on any atom is -0.364 e. The molecule has 1 aromatic heterocycles. The lowest BCUT2D eigenvalue weighted by molar-refractivity contribution is 0.0992. The highest BCUT2D eigenvalue weighted by Gasteiger charge is 2.14. The predicted molar refractivity (Wildman–Crippen MR) is 84.1 cm³/mol. The van der Waals surface area contributed by atoms with Gasteiger partial charge < -0.3 is 10.3 Å². The summed E-state index contributed by atoms with van der Waals surface area (Å²) in [6, 6.07) is 8.09. The molecule has 2 aromatic rings. The summed E-state index contributed by atoms with van der Waals surface area (Å²) in [6.45, 7) is 7.87. The smallest absolute Gasteiger partial charge is 0.265 e. The number of hydrogen-bond acceptors (Lipinski definition) is 2. The van der Waals surface area contributed by atoms with Crippen molar-refractivity contribution in [3.63, 3.8) is 0 Å². The number of aryl methyl sites for hydroxylation is 1. The first kappa shape index (κ1) is 14.5. The first-order valence-corrected chi connectivity index (χ1v) is 7.12. The molecule has 0 aliphatic carbocycles. The highest BCUT2D eigenvalue weighted by atomic mass is 32.2. The van der Waals surface area contributed by atoms with Gasteiger partial charge in [0.25, 0.3) is 5.91 Å². The van der Waals surface area contributed by atoms with Crippen molar-refractivity contribution in [1.29, 1.82) is 0 Å². The molecule has 4 heteroatoms. The normalized spacial score (nSPS) is 10.6. The topological polar surface area (TPSA) is 48.0 Å². The summed E-state index contributed by atoms with van der Waals surface area (Å²) in [7, 11) is 1.85. The van der Waals surface area contributed by atoms with Crippen LogP contribution in [0.25, 0.3) is 6.08 Å². The lowest BCUT2D eigenvalue weighted by Crippen LogP contribution is -2.15. The SMILES string of the molecule is C=Cc1cc(Sc2cc(C(N)=O)n(C)c2C)ccc1C. The number of carbonyl (C=O) groups excluding carboxylic acids is 1. The van der Waals surface area contributed by atoms with Crippen molar-refractivity contribution in [1.82, 2.24) is 4.57 Å². The minimum atomic E-state index is -0.405. The first-order valence-electron chi connectivity index (χ1n) is 6.31. The molecule has 0 aliphatic rings. The summed E-state index contributed by atoms with van der Waals surface area (Å²) in [5, 5.41) is 0. The molecule has 0 spiro atoms. The number of rotatable bonds is 4. The lowest BCUT2D eigenvalue weighted by Gasteiger charge is -2.06. The average molecular weight is 286 g/mol. The van der Waals surface area contributed by atoms with E-state index in [4.69, 9.17) is 5.73 Å². The van der Waals surface area contributed by atoms with Crippen LogP contribution in [0.15, 0.2) is 40.6 Å². The van der Waals surface area contributed by atoms with Crippen LogP contribution in [0.4, 0.5) is 0 Å². The Morgan fingerprint density at radius 2 is 2.05 bits per heavy atom. The molecule has 104 valence electrons. The largest absolute Gasteiger partial charge is 0.364 e. The minimum absolute atomic E-state index is 0.405. The molecule has 1 heterocycles. The quantitative estimate of drug-likeness (QED) is 0.934. The molecule has 0 aliphatic heterocycles. The second-order valence-electron chi connectivity index (χ2n) is 4.73. The Labute approximate surface area is 123 Å². The number of hydrogen-bond donors (Lipinski definition) is 1. The zero-order valence-electron chi connectivity index (χ0n) is 11.9. The average Bonchev–Trinajstić information content (AvgIpc) is 2.69. The third kappa shape index (κ3) is 2.65. The number of benzene rings is 1. The molecule has 2 rings (SSSR count). The van der Waals surface area contributed by atoms with E-state index in [1.54, 1.807) is 11.8 Å². The van der Waals surface area contributed by atoms with Crippen LogP contribution in [0.5, 0.6) is 0 Å². The van der Waals surface area contributed by atoms with E-state index >= 15 is 0 Å². The van der Waals surface area contributed by atoms with Crippen molar-refractivity contribution in [2.24, 2.45) is 12.8 Å². The Morgan fingerprint density at radius 1 is 1.35 bits per heavy atom. The summed E-state index contributed by atoms with van der Waals surface area (Å²) >= 11 is 1.63. The van der Waals surface area contributed by atoms with Gasteiger partial charge in [-0.2, -0.15) is 0 Å². The van der Waals surface area contributed by atoms with Crippen molar-refractivity contribution in [3.8, 4) is 0 Å². The molecule has 0 bridgehead atoms. The van der Waals surface area contributed by atoms with Crippen LogP contribution in [0.2, 0.25) is 0 Å². The highest BCUT2D eigenvalue weighted by molar-refractivity contribution is 7.99. The Kier molecular flexibility index (Phi) is 4.04. The van der Waals surface area contributed by atoms with Crippen LogP contribution >= 0.6 is 11.8 Å². The third-order valence-corrected chi connectivity index (χ3v) is 4.56. The molecular formula is C16H18N2OS. The van der Waals surface area contributed by atoms with Crippen molar-refractivity contribution < 1.29 is 4.79 Å². The summed E-state index contributed by atoms with van der Waals surface area (Å²) in [6.07, 6.45) is 1.85. The van der Waals surface area contributed by atoms with Gasteiger partial charge in [0, 0.05) is 22.5 Å². The standard InChI is InChI=1S/C16H18N2OS/c1-5-12-8-13(7-6-10(12)2)20-15-9-14(16(17)19)18(4)11(15)3/h5-9H,1H2,2-4H3,(H2,17,19). The zero-order valence-corrected chi connectivity index (χ0v) is 12.8. The molecule has 0 saturated heterocycles. The maximum Gasteiger partial charge on any atom is 0.265 e. The van der Waals surface area contributed by atoms with E-state index in [1.807, 2.05) is 30.7 Å². The fourth-order valence-electron chi connectivity index (χ4n) is 2.04. The third-order valence-electron chi connectivity index (χ3n) is 3.44. The van der Waals surface area contributed by atoms with Crippen molar-refractivity contribution >= 4 is 23.7 Å². The van der Waals surface area contributed by atoms with Gasteiger partial charge >= 0.3 is 0 Å². The molecule has 0 unspecified atom stereocenters. The van der Waals surface area contributed by atoms with Gasteiger partial charge in [0.2, 0.25) is 0 Å². The van der Waals surface area contributed by atoms with Gasteiger partial charge in [0.1, 0.15) is 5.69 Å². The monoisotopic (exact) mass is 286 g/mol. The number of primary amides is 1. The van der Waals surface area contributed by atoms with Gasteiger partial charge in [-0.15, -0.1) is 0 Å². The van der Waals surface area contributed by atoms with Crippen LogP contribution in [-0.4, -0.2) is 10.5 Å². The maximum atomic E-state index is 11.4. The van der Waals surface area contributed by atoms with Crippen molar-refractivity contribution in [3.05, 3.63) is 53.4 Å². The van der Waals surface area contributed by atoms with Gasteiger partial charge in [-0.1, -0.05) is 30.5 Å². The van der Waals surface area contributed by atoms with Crippen molar-refractivity contribution in [2.75, 3.05) is 0 Å². The molecule has 0 saturated carbocycles. The predicted octanol–water partition coefficient (Wildman–Crippen LogP) is 3.54. The molecule has 3 nitrogen and oxygen atoms in total. The number of nitrogens with zero attached hydrogens (tertiary/aromatic N) is 1. The number of amides is 1. The molecule has 2 N–H and O–H groups in total. The van der Waals surface area contributed by atoms with Crippen LogP contribution in [-0.2, 0) is 7.05 Å². The van der Waals surface area contributed by atoms with Crippen LogP contribution in [0.1, 0.15) is 27.3 Å². The Hall–Kier alpha value is -1.94. The van der Waals surface area contributed by atoms with Crippen molar-refractivity contribution in [2.45, 2.75) is 23.6 Å². The molecular weight excluding hydrogens is 268 g/mol. The lowest BCUT2D eigenvalue weighted by atomic mass is 10.1. The van der Waals surface area contributed by atoms with E-state index in [9.17, 15) is 4.79 Å². The summed E-state index contributed by atoms with van der Waals surface area (Å²) < 4.78 is 1.83. The first-order chi connectivity index (χ1) is 9.43. The Morgan fingerprint density at radius 3 is 2.60 bits per heavy atom. The summed E-state index contributed by atoms with van der Waals surface area (Å²) in [4.78, 5) is 13.5. The van der Waals surface area contributed by atoms with E-state index in [0.717, 1.165) is 21.0 Å². The fourth-order valence-corrected chi connectivity index (χ4v) is 3.07. The number of nitrogens with two attached hydrogens (primary N) is 1. The van der Waals surface area contributed by atoms with Gasteiger partial charge in [0.05, 0.1) is 0 Å². The van der Waals surface area contributed by atoms with Gasteiger partial charge in [0.15, 0.2) is 0 Å². The summed E-state index contributed by atoms with van der Waals surface area (Å²) in [5.74, 6) is -0.405. The van der Waals surface area contributed by atoms with E-state index in [2.05, 4.69) is 31.7 Å². The molecule has 20 heavy (non-hydrogen) atoms. The highest BCUT2D eigenvalue weighted by Crippen LogP contribution is 2.33. The Bertz CT molecular complexity index is 686. The van der Waals surface area contributed by atoms with Gasteiger partial charge in [-0.25, -0.2) is 0 Å². The zero-order chi connectivity index (χ0) is 14.9. The number of aromatic nitrogens is 1. The second kappa shape index (κ2) is 5.59. The van der Waals surface area contributed by atoms with Gasteiger partial charge in [-0.3, -0.25) is 4.79 Å². The number of carbonyl (C=O) groups is 1. The van der Waals surface area contributed by atoms with Crippen LogP contribution in [0.3, 0.4) is 0 Å². The molecule has 0 atom stereocenters. The van der Waals surface area contributed by atoms with E-state index < -0.39 is 5.91 Å². The summed E-state index contributed by atoms with van der Waals surface area (Å²) in [5.41, 5.74) is 9.26. The molecule has 0 fully saturated rings. The fraction of sp³-hybridized carbons (Fsp3) is 0.188. The molecule has 1 amide bonds. The van der Waals surface area contributed by atoms with Gasteiger partial charge in [-0.05, 0) is 43.2 Å².